The molecule has 0 aliphatic rings. The molecule has 3 nitrogen and oxygen atoms in total. The van der Waals surface area contributed by atoms with Crippen LogP contribution in [0.1, 0.15) is 22.3 Å². The molecule has 5 aromatic carbocycles. The molecule has 0 radical (unpaired) electrons. The Balaban J connectivity index is 1.58. The van der Waals surface area contributed by atoms with Gasteiger partial charge in [0, 0.05) is 22.9 Å². The molecule has 0 N–H and O–H groups in total. The summed E-state index contributed by atoms with van der Waals surface area (Å²) in [6.07, 6.45) is 1.84. The number of aliphatic imine (C=N–C) groups is 1. The highest BCUT2D eigenvalue weighted by Gasteiger charge is 2.23. The van der Waals surface area contributed by atoms with E-state index in [0.717, 1.165) is 54.9 Å². The van der Waals surface area contributed by atoms with Crippen LogP contribution in [0.3, 0.4) is 0 Å². The summed E-state index contributed by atoms with van der Waals surface area (Å²) >= 11 is 0. The number of hydrogen-bond acceptors (Lipinski definition) is 3. The normalized spacial score (nSPS) is 11.4. The fourth-order valence-electron chi connectivity index (χ4n) is 4.83. The maximum atomic E-state index is 10.3. The van der Waals surface area contributed by atoms with Crippen LogP contribution in [0, 0.1) is 25.2 Å². The van der Waals surface area contributed by atoms with E-state index in [-0.39, 0.29) is 0 Å². The first kappa shape index (κ1) is 22.5. The monoisotopic (exact) mass is 476 g/mol. The lowest BCUT2D eigenvalue weighted by Crippen LogP contribution is -1.88. The topological polar surface area (TPSA) is 49.3 Å². The Morgan fingerprint density at radius 3 is 1.81 bits per heavy atom. The van der Waals surface area contributed by atoms with Crippen molar-refractivity contribution < 1.29 is 4.42 Å². The molecular formula is C34H24N2O. The fraction of sp³-hybridized carbons (Fsp3) is 0.0588. The molecule has 0 saturated carbocycles. The average Bonchev–Trinajstić information content (AvgIpc) is 3.30. The number of rotatable bonds is 4. The molecule has 0 unspecified atom stereocenters. The van der Waals surface area contributed by atoms with Gasteiger partial charge in [-0.05, 0) is 47.0 Å². The van der Waals surface area contributed by atoms with Crippen molar-refractivity contribution >= 4 is 33.6 Å². The van der Waals surface area contributed by atoms with E-state index < -0.39 is 0 Å². The zero-order chi connectivity index (χ0) is 25.4. The molecule has 0 aliphatic carbocycles. The van der Waals surface area contributed by atoms with Crippen LogP contribution in [0.4, 0.5) is 5.88 Å². The SMILES string of the molecule is Cc1ccc(-c2oc(N=Cc3c4ccccc4cc4ccccc34)c(C#N)c2-c2ccc(C)cc2)cc1. The summed E-state index contributed by atoms with van der Waals surface area (Å²) < 4.78 is 6.37. The van der Waals surface area contributed by atoms with Crippen LogP contribution in [0.25, 0.3) is 44.0 Å². The standard InChI is InChI=1S/C34H24N2O/c1-22-11-15-24(16-12-22)32-30(20-35)34(37-33(32)25-17-13-23(2)14-18-25)36-21-31-28-9-5-3-7-26(28)19-27-8-4-6-10-29(27)31/h3-19,21H,1-2H3. The Labute approximate surface area is 216 Å². The van der Waals surface area contributed by atoms with E-state index in [2.05, 4.69) is 50.2 Å². The van der Waals surface area contributed by atoms with Crippen LogP contribution in [0.2, 0.25) is 0 Å². The highest BCUT2D eigenvalue weighted by atomic mass is 16.4. The van der Waals surface area contributed by atoms with Gasteiger partial charge in [0.1, 0.15) is 17.4 Å². The van der Waals surface area contributed by atoms with Crippen molar-refractivity contribution in [3.05, 3.63) is 125 Å². The zero-order valence-corrected chi connectivity index (χ0v) is 20.7. The number of nitriles is 1. The smallest absolute Gasteiger partial charge is 0.238 e. The van der Waals surface area contributed by atoms with Crippen LogP contribution < -0.4 is 0 Å². The summed E-state index contributed by atoms with van der Waals surface area (Å²) in [4.78, 5) is 4.80. The van der Waals surface area contributed by atoms with Crippen molar-refractivity contribution in [2.24, 2.45) is 4.99 Å². The minimum absolute atomic E-state index is 0.311. The number of aryl methyl sites for hydroxylation is 2. The van der Waals surface area contributed by atoms with Gasteiger partial charge < -0.3 is 4.42 Å². The molecule has 0 fully saturated rings. The van der Waals surface area contributed by atoms with Crippen molar-refractivity contribution in [2.75, 3.05) is 0 Å². The Kier molecular flexibility index (Phi) is 5.63. The van der Waals surface area contributed by atoms with E-state index in [1.54, 1.807) is 0 Å². The predicted molar refractivity (Wildman–Crippen MR) is 152 cm³/mol. The molecule has 1 aromatic heterocycles. The summed E-state index contributed by atoms with van der Waals surface area (Å²) in [7, 11) is 0. The molecule has 0 spiro atoms. The molecule has 3 heteroatoms. The average molecular weight is 477 g/mol. The molecule has 0 amide bonds. The highest BCUT2D eigenvalue weighted by Crippen LogP contribution is 2.43. The first-order chi connectivity index (χ1) is 18.1. The van der Waals surface area contributed by atoms with Crippen LogP contribution in [0.5, 0.6) is 0 Å². The quantitative estimate of drug-likeness (QED) is 0.188. The van der Waals surface area contributed by atoms with Crippen LogP contribution >= 0.6 is 0 Å². The predicted octanol–water partition coefficient (Wildman–Crippen LogP) is 9.16. The van der Waals surface area contributed by atoms with Gasteiger partial charge in [-0.15, -0.1) is 0 Å². The number of fused-ring (bicyclic) bond motifs is 2. The van der Waals surface area contributed by atoms with Gasteiger partial charge in [0.25, 0.3) is 0 Å². The first-order valence-corrected chi connectivity index (χ1v) is 12.3. The molecule has 6 aromatic rings. The van der Waals surface area contributed by atoms with Gasteiger partial charge in [0.2, 0.25) is 5.88 Å². The molecule has 0 bridgehead atoms. The summed E-state index contributed by atoms with van der Waals surface area (Å²) in [5.41, 5.74) is 6.36. The Bertz CT molecular complexity index is 1780. The van der Waals surface area contributed by atoms with E-state index in [1.165, 1.54) is 0 Å². The van der Waals surface area contributed by atoms with E-state index in [0.29, 0.717) is 17.2 Å². The van der Waals surface area contributed by atoms with Crippen LogP contribution in [0.15, 0.2) is 113 Å². The Morgan fingerprint density at radius 2 is 1.24 bits per heavy atom. The number of nitrogens with zero attached hydrogens (tertiary/aromatic N) is 2. The third-order valence-corrected chi connectivity index (χ3v) is 6.78. The van der Waals surface area contributed by atoms with Crippen molar-refractivity contribution in [3.63, 3.8) is 0 Å². The number of benzene rings is 5. The summed E-state index contributed by atoms with van der Waals surface area (Å²) in [5, 5.41) is 14.8. The van der Waals surface area contributed by atoms with Crippen molar-refractivity contribution in [1.29, 1.82) is 5.26 Å². The Hall–Kier alpha value is -4.94. The van der Waals surface area contributed by atoms with Gasteiger partial charge >= 0.3 is 0 Å². The maximum Gasteiger partial charge on any atom is 0.238 e. The lowest BCUT2D eigenvalue weighted by Gasteiger charge is -2.07. The molecule has 0 aliphatic heterocycles. The highest BCUT2D eigenvalue weighted by molar-refractivity contribution is 6.13. The fourth-order valence-corrected chi connectivity index (χ4v) is 4.83. The number of hydrogen-bond donors (Lipinski definition) is 0. The second kappa shape index (κ2) is 9.26. The largest absolute Gasteiger partial charge is 0.436 e. The van der Waals surface area contributed by atoms with Gasteiger partial charge in [0.05, 0.1) is 0 Å². The van der Waals surface area contributed by atoms with Gasteiger partial charge in [-0.1, -0.05) is 108 Å². The third kappa shape index (κ3) is 4.09. The molecule has 0 atom stereocenters. The molecule has 1 heterocycles. The third-order valence-electron chi connectivity index (χ3n) is 6.78. The zero-order valence-electron chi connectivity index (χ0n) is 20.7. The van der Waals surface area contributed by atoms with E-state index >= 15 is 0 Å². The minimum Gasteiger partial charge on any atom is -0.436 e. The maximum absolute atomic E-state index is 10.3. The number of furan rings is 1. The molecule has 6 rings (SSSR count). The second-order valence-corrected chi connectivity index (χ2v) is 9.32. The first-order valence-electron chi connectivity index (χ1n) is 12.3. The molecule has 0 saturated heterocycles. The van der Waals surface area contributed by atoms with E-state index in [9.17, 15) is 5.26 Å². The van der Waals surface area contributed by atoms with Crippen molar-refractivity contribution in [2.45, 2.75) is 13.8 Å². The lowest BCUT2D eigenvalue weighted by atomic mass is 9.97. The minimum atomic E-state index is 0.311. The molecular weight excluding hydrogens is 452 g/mol. The summed E-state index contributed by atoms with van der Waals surface area (Å²) in [6, 6.07) is 37.5. The Morgan fingerprint density at radius 1 is 0.703 bits per heavy atom. The molecule has 176 valence electrons. The summed E-state index contributed by atoms with van der Waals surface area (Å²) in [6.45, 7) is 4.10. The van der Waals surface area contributed by atoms with Gasteiger partial charge in [-0.2, -0.15) is 5.26 Å². The lowest BCUT2D eigenvalue weighted by molar-refractivity contribution is 0.593. The van der Waals surface area contributed by atoms with Gasteiger partial charge in [-0.25, -0.2) is 4.99 Å². The van der Waals surface area contributed by atoms with Crippen LogP contribution in [-0.2, 0) is 0 Å². The van der Waals surface area contributed by atoms with Crippen molar-refractivity contribution in [1.82, 2.24) is 0 Å². The van der Waals surface area contributed by atoms with Gasteiger partial charge in [0.15, 0.2) is 0 Å². The molecule has 37 heavy (non-hydrogen) atoms. The van der Waals surface area contributed by atoms with E-state index in [4.69, 9.17) is 9.41 Å². The summed E-state index contributed by atoms with van der Waals surface area (Å²) in [5.74, 6) is 0.959. The van der Waals surface area contributed by atoms with Gasteiger partial charge in [-0.3, -0.25) is 0 Å². The second-order valence-electron chi connectivity index (χ2n) is 9.32. The van der Waals surface area contributed by atoms with Crippen molar-refractivity contribution in [3.8, 4) is 28.5 Å². The van der Waals surface area contributed by atoms with Crippen LogP contribution in [-0.4, -0.2) is 6.21 Å². The van der Waals surface area contributed by atoms with E-state index in [1.807, 2.05) is 79.0 Å².